The topological polar surface area (TPSA) is 58.7 Å². The number of likely N-dealkylation sites (N-methyl/N-ethyl adjacent to an activating group) is 1. The van der Waals surface area contributed by atoms with Crippen molar-refractivity contribution in [3.8, 4) is 0 Å². The van der Waals surface area contributed by atoms with Gasteiger partial charge in [0.1, 0.15) is 11.9 Å². The smallest absolute Gasteiger partial charge is 0.346 e. The summed E-state index contributed by atoms with van der Waals surface area (Å²) in [6, 6.07) is 8.03. The lowest BCUT2D eigenvalue weighted by molar-refractivity contribution is 0.210. The highest BCUT2D eigenvalue weighted by Crippen LogP contribution is 2.40. The van der Waals surface area contributed by atoms with Crippen LogP contribution in [0.15, 0.2) is 29.3 Å². The van der Waals surface area contributed by atoms with E-state index in [2.05, 4.69) is 29.3 Å². The maximum absolute atomic E-state index is 11.6. The number of amidine groups is 1. The van der Waals surface area contributed by atoms with E-state index in [1.807, 2.05) is 6.92 Å². The Kier molecular flexibility index (Phi) is 2.58. The SMILES string of the molecule is CCN1C(=O)N=C(N)C1c1ccc(C2CC2)cc1. The van der Waals surface area contributed by atoms with E-state index < -0.39 is 0 Å². The third kappa shape index (κ3) is 1.78. The van der Waals surface area contributed by atoms with E-state index in [0.717, 1.165) is 11.5 Å². The molecule has 1 aromatic rings. The van der Waals surface area contributed by atoms with Gasteiger partial charge in [-0.05, 0) is 36.8 Å². The summed E-state index contributed by atoms with van der Waals surface area (Å²) in [7, 11) is 0. The Labute approximate surface area is 106 Å². The van der Waals surface area contributed by atoms with Crippen LogP contribution in [-0.2, 0) is 0 Å². The molecule has 0 radical (unpaired) electrons. The summed E-state index contributed by atoms with van der Waals surface area (Å²) in [4.78, 5) is 17.2. The molecule has 1 saturated carbocycles. The number of urea groups is 1. The molecule has 4 heteroatoms. The Morgan fingerprint density at radius 1 is 1.28 bits per heavy atom. The number of rotatable bonds is 3. The predicted octanol–water partition coefficient (Wildman–Crippen LogP) is 2.42. The highest BCUT2D eigenvalue weighted by molar-refractivity contribution is 6.03. The summed E-state index contributed by atoms with van der Waals surface area (Å²) in [6.07, 6.45) is 2.60. The van der Waals surface area contributed by atoms with E-state index in [9.17, 15) is 4.79 Å². The lowest BCUT2D eigenvalue weighted by atomic mass is 10.0. The Balaban J connectivity index is 1.88. The summed E-state index contributed by atoms with van der Waals surface area (Å²) in [5.41, 5.74) is 8.30. The van der Waals surface area contributed by atoms with E-state index in [1.54, 1.807) is 4.90 Å². The highest BCUT2D eigenvalue weighted by Gasteiger charge is 2.33. The fraction of sp³-hybridized carbons (Fsp3) is 0.429. The third-order valence-corrected chi connectivity index (χ3v) is 3.70. The van der Waals surface area contributed by atoms with Gasteiger partial charge in [0, 0.05) is 6.54 Å². The van der Waals surface area contributed by atoms with E-state index in [4.69, 9.17) is 5.73 Å². The number of amides is 2. The van der Waals surface area contributed by atoms with Crippen molar-refractivity contribution in [2.24, 2.45) is 10.7 Å². The summed E-state index contributed by atoms with van der Waals surface area (Å²) < 4.78 is 0. The van der Waals surface area contributed by atoms with Crippen LogP contribution in [0.3, 0.4) is 0 Å². The van der Waals surface area contributed by atoms with Gasteiger partial charge in [0.25, 0.3) is 0 Å². The molecule has 1 heterocycles. The van der Waals surface area contributed by atoms with Crippen molar-refractivity contribution in [1.29, 1.82) is 0 Å². The molecule has 4 nitrogen and oxygen atoms in total. The summed E-state index contributed by atoms with van der Waals surface area (Å²) >= 11 is 0. The minimum absolute atomic E-state index is 0.184. The molecule has 0 spiro atoms. The molecule has 0 bridgehead atoms. The quantitative estimate of drug-likeness (QED) is 0.886. The fourth-order valence-electron chi connectivity index (χ4n) is 2.54. The molecule has 94 valence electrons. The Morgan fingerprint density at radius 2 is 1.89 bits per heavy atom. The number of carbonyl (C=O) groups is 1. The van der Waals surface area contributed by atoms with Crippen molar-refractivity contribution in [1.82, 2.24) is 4.90 Å². The maximum atomic E-state index is 11.6. The molecule has 2 amide bonds. The molecule has 0 aromatic heterocycles. The van der Waals surface area contributed by atoms with Gasteiger partial charge in [-0.3, -0.25) is 0 Å². The molecule has 2 N–H and O–H groups in total. The van der Waals surface area contributed by atoms with Crippen molar-refractivity contribution < 1.29 is 4.79 Å². The first-order chi connectivity index (χ1) is 8.70. The second-order valence-corrected chi connectivity index (χ2v) is 4.95. The molecule has 1 aromatic carbocycles. The Morgan fingerprint density at radius 3 is 2.44 bits per heavy atom. The monoisotopic (exact) mass is 243 g/mol. The third-order valence-electron chi connectivity index (χ3n) is 3.70. The van der Waals surface area contributed by atoms with Crippen LogP contribution in [0.2, 0.25) is 0 Å². The number of benzene rings is 1. The van der Waals surface area contributed by atoms with Gasteiger partial charge in [-0.1, -0.05) is 24.3 Å². The zero-order valence-electron chi connectivity index (χ0n) is 10.5. The van der Waals surface area contributed by atoms with Crippen LogP contribution in [0.25, 0.3) is 0 Å². The standard InChI is InChI=1S/C14H17N3O/c1-2-17-12(13(15)16-14(17)18)11-7-5-10(6-8-11)9-3-4-9/h5-9,12H,2-4H2,1H3,(H2,15,16,18). The lowest BCUT2D eigenvalue weighted by Gasteiger charge is -2.23. The van der Waals surface area contributed by atoms with Crippen molar-refractivity contribution in [3.63, 3.8) is 0 Å². The Hall–Kier alpha value is -1.84. The minimum Gasteiger partial charge on any atom is -0.385 e. The van der Waals surface area contributed by atoms with Gasteiger partial charge in [-0.25, -0.2) is 4.79 Å². The predicted molar refractivity (Wildman–Crippen MR) is 70.6 cm³/mol. The zero-order chi connectivity index (χ0) is 12.7. The van der Waals surface area contributed by atoms with Gasteiger partial charge in [0.05, 0.1) is 0 Å². The maximum Gasteiger partial charge on any atom is 0.346 e. The molecule has 18 heavy (non-hydrogen) atoms. The van der Waals surface area contributed by atoms with Crippen LogP contribution >= 0.6 is 0 Å². The average Bonchev–Trinajstić information content (AvgIpc) is 3.16. The molecule has 2 aliphatic rings. The van der Waals surface area contributed by atoms with E-state index in [1.165, 1.54) is 18.4 Å². The van der Waals surface area contributed by atoms with Gasteiger partial charge in [-0.15, -0.1) is 0 Å². The summed E-state index contributed by atoms with van der Waals surface area (Å²) in [6.45, 7) is 2.57. The van der Waals surface area contributed by atoms with Crippen molar-refractivity contribution in [2.45, 2.75) is 31.7 Å². The van der Waals surface area contributed by atoms with Gasteiger partial charge in [0.2, 0.25) is 0 Å². The first kappa shape index (κ1) is 11.3. The first-order valence-electron chi connectivity index (χ1n) is 6.45. The minimum atomic E-state index is -0.230. The molecular formula is C14H17N3O. The fourth-order valence-corrected chi connectivity index (χ4v) is 2.54. The molecule has 1 aliphatic carbocycles. The van der Waals surface area contributed by atoms with Crippen LogP contribution in [0, 0.1) is 0 Å². The number of aliphatic imine (C=N–C) groups is 1. The second kappa shape index (κ2) is 4.12. The Bertz CT molecular complexity index is 502. The molecule has 1 fully saturated rings. The van der Waals surface area contributed by atoms with Crippen molar-refractivity contribution >= 4 is 11.9 Å². The number of carbonyl (C=O) groups excluding carboxylic acids is 1. The molecular weight excluding hydrogens is 226 g/mol. The van der Waals surface area contributed by atoms with Crippen molar-refractivity contribution in [3.05, 3.63) is 35.4 Å². The van der Waals surface area contributed by atoms with Crippen LogP contribution in [-0.4, -0.2) is 23.3 Å². The van der Waals surface area contributed by atoms with Crippen LogP contribution < -0.4 is 5.73 Å². The molecule has 0 saturated heterocycles. The van der Waals surface area contributed by atoms with Gasteiger partial charge in [0.15, 0.2) is 0 Å². The number of hydrogen-bond donors (Lipinski definition) is 1. The van der Waals surface area contributed by atoms with Gasteiger partial charge < -0.3 is 10.6 Å². The van der Waals surface area contributed by atoms with Crippen LogP contribution in [0.4, 0.5) is 4.79 Å². The second-order valence-electron chi connectivity index (χ2n) is 4.95. The van der Waals surface area contributed by atoms with Gasteiger partial charge >= 0.3 is 6.03 Å². The largest absolute Gasteiger partial charge is 0.385 e. The normalized spacial score (nSPS) is 23.4. The van der Waals surface area contributed by atoms with Crippen molar-refractivity contribution in [2.75, 3.05) is 6.54 Å². The first-order valence-corrected chi connectivity index (χ1v) is 6.45. The van der Waals surface area contributed by atoms with E-state index in [0.29, 0.717) is 12.4 Å². The average molecular weight is 243 g/mol. The van der Waals surface area contributed by atoms with Gasteiger partial charge in [-0.2, -0.15) is 4.99 Å². The van der Waals surface area contributed by atoms with Crippen LogP contribution in [0.1, 0.15) is 42.9 Å². The summed E-state index contributed by atoms with van der Waals surface area (Å²) in [5.74, 6) is 1.15. The zero-order valence-corrected chi connectivity index (χ0v) is 10.5. The molecule has 3 rings (SSSR count). The number of nitrogens with zero attached hydrogens (tertiary/aromatic N) is 2. The summed E-state index contributed by atoms with van der Waals surface area (Å²) in [5, 5.41) is 0. The number of nitrogens with two attached hydrogens (primary N) is 1. The van der Waals surface area contributed by atoms with E-state index in [-0.39, 0.29) is 12.1 Å². The van der Waals surface area contributed by atoms with Crippen LogP contribution in [0.5, 0.6) is 0 Å². The number of hydrogen-bond acceptors (Lipinski definition) is 2. The lowest BCUT2D eigenvalue weighted by Crippen LogP contribution is -2.33. The highest BCUT2D eigenvalue weighted by atomic mass is 16.2. The van der Waals surface area contributed by atoms with E-state index >= 15 is 0 Å². The molecule has 1 aliphatic heterocycles. The molecule has 1 atom stereocenters. The molecule has 1 unspecified atom stereocenters.